The molecule has 0 aliphatic carbocycles. The number of nitrogens with two attached hydrogens (primary N) is 1. The first kappa shape index (κ1) is 14.3. The van der Waals surface area contributed by atoms with Gasteiger partial charge in [0.15, 0.2) is 11.5 Å². The molecule has 164 valence electrons. The normalized spacial score (nSPS) is 14.8. The number of nitrogens with one attached hydrogen (secondary N) is 2. The number of benzene rings is 2. The highest BCUT2D eigenvalue weighted by Gasteiger charge is 2.30. The van der Waals surface area contributed by atoms with Gasteiger partial charge in [0.2, 0.25) is 17.8 Å². The second-order valence-corrected chi connectivity index (χ2v) is 6.79. The van der Waals surface area contributed by atoms with Crippen LogP contribution >= 0.6 is 11.8 Å². The number of hydrogen-bond donors (Lipinski definition) is 3. The fourth-order valence-corrected chi connectivity index (χ4v) is 2.85. The van der Waals surface area contributed by atoms with Crippen LogP contribution in [0.3, 0.4) is 0 Å². The lowest BCUT2D eigenvalue weighted by Gasteiger charge is -2.08. The van der Waals surface area contributed by atoms with E-state index in [4.69, 9.17) is 14.5 Å². The maximum Gasteiger partial charge on any atom is 0.416 e. The van der Waals surface area contributed by atoms with Gasteiger partial charge in [-0.1, -0.05) is 6.07 Å². The predicted molar refractivity (Wildman–Crippen MR) is 115 cm³/mol. The molecule has 8 nitrogen and oxygen atoms in total. The number of nitrogen functional groups attached to an aromatic ring is 1. The van der Waals surface area contributed by atoms with E-state index in [-0.39, 0.29) is 39.8 Å². The Morgan fingerprint density at radius 1 is 1.19 bits per heavy atom. The molecule has 0 bridgehead atoms. The topological polar surface area (TPSA) is 115 Å². The molecule has 0 spiro atoms. The Labute approximate surface area is 194 Å². The molecule has 0 amide bonds. The van der Waals surface area contributed by atoms with Crippen LogP contribution in [0.2, 0.25) is 5.65 Å². The minimum Gasteiger partial charge on any atom is -0.439 e. The SMILES string of the molecule is [2H]N([2H])c1nc(Oc2ccc(-c3nnc(N([2H])c4cccc(C(F)(F)F)c4)n3[2H])cc2)cc(SC([2H])([2H])[2H])n1. The van der Waals surface area contributed by atoms with Crippen molar-refractivity contribution in [3.05, 3.63) is 60.2 Å². The number of ether oxygens (including phenoxy) is 1. The van der Waals surface area contributed by atoms with Gasteiger partial charge < -0.3 is 20.7 Å². The van der Waals surface area contributed by atoms with E-state index in [1.54, 1.807) is 0 Å². The van der Waals surface area contributed by atoms with Gasteiger partial charge in [-0.05, 0) is 48.6 Å². The first-order valence-electron chi connectivity index (χ1n) is 12.1. The van der Waals surface area contributed by atoms with Crippen molar-refractivity contribution in [3.63, 3.8) is 0 Å². The largest absolute Gasteiger partial charge is 0.439 e. The van der Waals surface area contributed by atoms with Crippen LogP contribution in [-0.4, -0.2) is 31.3 Å². The number of hydrogen-bond acceptors (Lipinski definition) is 8. The number of rotatable bonds is 7. The number of aromatic amines is 1. The van der Waals surface area contributed by atoms with Crippen molar-refractivity contribution in [3.8, 4) is 23.0 Å². The molecule has 32 heavy (non-hydrogen) atoms. The lowest BCUT2D eigenvalue weighted by molar-refractivity contribution is -0.137. The lowest BCUT2D eigenvalue weighted by atomic mass is 10.2. The lowest BCUT2D eigenvalue weighted by Crippen LogP contribution is -2.05. The molecule has 0 saturated carbocycles. The quantitative estimate of drug-likeness (QED) is 0.254. The van der Waals surface area contributed by atoms with Gasteiger partial charge in [0.05, 0.1) is 5.56 Å². The van der Waals surface area contributed by atoms with Crippen molar-refractivity contribution in [1.82, 2.24) is 25.1 Å². The van der Waals surface area contributed by atoms with Gasteiger partial charge in [0.1, 0.15) is 10.8 Å². The molecule has 4 rings (SSSR count). The number of H-pyrrole nitrogens is 1. The van der Waals surface area contributed by atoms with Crippen molar-refractivity contribution in [1.29, 1.82) is 0 Å². The molecule has 4 aromatic rings. The van der Waals surface area contributed by atoms with E-state index in [1.165, 1.54) is 36.4 Å². The molecular weight excluding hydrogens is 443 g/mol. The molecule has 0 aliphatic heterocycles. The van der Waals surface area contributed by atoms with Crippen molar-refractivity contribution in [2.24, 2.45) is 0 Å². The van der Waals surface area contributed by atoms with E-state index in [0.29, 0.717) is 27.6 Å². The monoisotopic (exact) mass is 466 g/mol. The van der Waals surface area contributed by atoms with E-state index in [2.05, 4.69) is 20.2 Å². The average Bonchev–Trinajstić information content (AvgIpc) is 3.23. The molecule has 2 aromatic heterocycles. The van der Waals surface area contributed by atoms with Crippen LogP contribution in [0.15, 0.2) is 59.6 Å². The Morgan fingerprint density at radius 2 is 2.03 bits per heavy atom. The highest BCUT2D eigenvalue weighted by molar-refractivity contribution is 7.98. The second-order valence-electron chi connectivity index (χ2n) is 6.17. The number of halogens is 3. The van der Waals surface area contributed by atoms with Crippen LogP contribution in [0.1, 0.15) is 9.68 Å². The molecular formula is C20H16F3N7OS. The number of anilines is 3. The van der Waals surface area contributed by atoms with E-state index < -0.39 is 23.9 Å². The van der Waals surface area contributed by atoms with Crippen LogP contribution in [0.25, 0.3) is 11.4 Å². The Bertz CT molecular complexity index is 1470. The maximum atomic E-state index is 13.0. The molecule has 0 fully saturated rings. The Balaban J connectivity index is 1.55. The zero-order valence-electron chi connectivity index (χ0n) is 22.8. The molecule has 0 aliphatic rings. The van der Waals surface area contributed by atoms with Gasteiger partial charge in [-0.2, -0.15) is 18.2 Å². The van der Waals surface area contributed by atoms with Gasteiger partial charge in [0, 0.05) is 21.4 Å². The summed E-state index contributed by atoms with van der Waals surface area (Å²) in [5, 5.41) is 8.15. The number of thioether (sulfide) groups is 1. The summed E-state index contributed by atoms with van der Waals surface area (Å²) in [5.41, 5.74) is -0.658. The third-order valence-corrected chi connectivity index (χ3v) is 4.37. The highest BCUT2D eigenvalue weighted by Crippen LogP contribution is 2.31. The molecule has 2 heterocycles. The van der Waals surface area contributed by atoms with Crippen LogP contribution in [0.5, 0.6) is 11.6 Å². The van der Waals surface area contributed by atoms with E-state index in [1.807, 2.05) is 0 Å². The molecule has 2 aromatic carbocycles. The second kappa shape index (κ2) is 8.75. The molecule has 0 unspecified atom stereocenters. The van der Waals surface area contributed by atoms with Crippen LogP contribution in [0.4, 0.5) is 30.8 Å². The van der Waals surface area contributed by atoms with Gasteiger partial charge in [-0.15, -0.1) is 22.0 Å². The summed E-state index contributed by atoms with van der Waals surface area (Å²) in [6.45, 7) is 0. The fraction of sp³-hybridized carbons (Fsp3) is 0.100. The predicted octanol–water partition coefficient (Wildman–Crippen LogP) is 5.12. The minimum atomic E-state index is -4.61. The van der Waals surface area contributed by atoms with Crippen molar-refractivity contribution in [2.75, 3.05) is 17.2 Å². The van der Waals surface area contributed by atoms with Gasteiger partial charge >= 0.3 is 6.18 Å². The summed E-state index contributed by atoms with van der Waals surface area (Å²) in [6.07, 6.45) is -7.04. The van der Waals surface area contributed by atoms with Crippen LogP contribution in [0, 0.1) is 0 Å². The summed E-state index contributed by atoms with van der Waals surface area (Å²) in [4.78, 5) is 8.41. The third-order valence-electron chi connectivity index (χ3n) is 3.95. The molecule has 0 radical (unpaired) electrons. The summed E-state index contributed by atoms with van der Waals surface area (Å²) in [7, 11) is 0. The van der Waals surface area contributed by atoms with Gasteiger partial charge in [0.25, 0.3) is 0 Å². The Kier molecular flexibility index (Phi) is 3.91. The zero-order chi connectivity index (χ0) is 28.5. The van der Waals surface area contributed by atoms with Crippen molar-refractivity contribution in [2.45, 2.75) is 11.2 Å². The van der Waals surface area contributed by atoms with Crippen molar-refractivity contribution < 1.29 is 27.7 Å². The molecule has 12 heteroatoms. The van der Waals surface area contributed by atoms with Crippen LogP contribution in [-0.2, 0) is 6.18 Å². The summed E-state index contributed by atoms with van der Waals surface area (Å²) in [5.74, 6) is -0.683. The van der Waals surface area contributed by atoms with E-state index >= 15 is 0 Å². The Hall–Kier alpha value is -3.80. The van der Waals surface area contributed by atoms with Crippen LogP contribution < -0.4 is 15.8 Å². The highest BCUT2D eigenvalue weighted by atomic mass is 32.2. The molecule has 0 atom stereocenters. The Morgan fingerprint density at radius 3 is 2.78 bits per heavy atom. The molecule has 4 N–H and O–H groups in total. The van der Waals surface area contributed by atoms with E-state index in [9.17, 15) is 13.2 Å². The molecule has 0 saturated heterocycles. The smallest absolute Gasteiger partial charge is 0.416 e. The van der Waals surface area contributed by atoms with Crippen molar-refractivity contribution >= 4 is 29.3 Å². The number of aromatic nitrogens is 5. The summed E-state index contributed by atoms with van der Waals surface area (Å²) in [6, 6.07) is 11.2. The van der Waals surface area contributed by atoms with E-state index in [0.717, 1.165) is 18.2 Å². The number of alkyl halides is 3. The average molecular weight is 466 g/mol. The fourth-order valence-electron chi connectivity index (χ4n) is 2.56. The first-order valence-corrected chi connectivity index (χ1v) is 9.58. The summed E-state index contributed by atoms with van der Waals surface area (Å²) >= 11 is 0.425. The number of nitrogens with zero attached hydrogens (tertiary/aromatic N) is 4. The first-order chi connectivity index (χ1) is 18.2. The maximum absolute atomic E-state index is 13.0. The van der Waals surface area contributed by atoms with Gasteiger partial charge in [-0.3, -0.25) is 0 Å². The summed E-state index contributed by atoms with van der Waals surface area (Å²) < 4.78 is 98.0. The van der Waals surface area contributed by atoms with Gasteiger partial charge in [-0.25, -0.2) is 4.98 Å². The third kappa shape index (κ3) is 5.09. The zero-order valence-corrected chi connectivity index (χ0v) is 16.6. The minimum absolute atomic E-state index is 0.0134. The standard InChI is InChI=1S/C20H16F3N7OS/c1-32-16-10-15(26-18(24)27-16)31-14-7-5-11(6-8-14)17-28-19(30-29-17)25-13-4-2-3-12(9-13)20(21,22)23/h2-10H,1H3,(H2,24,26,27)(H2,25,28,29,30)/i1D3/hD4.